The zero-order chi connectivity index (χ0) is 55.3. The molecule has 0 aromatic rings. The zero-order valence-electron chi connectivity index (χ0n) is 48.8. The summed E-state index contributed by atoms with van der Waals surface area (Å²) in [7, 11) is 0. The highest BCUT2D eigenvalue weighted by Gasteiger charge is 2.51. The second-order valence-corrected chi connectivity index (χ2v) is 23.3. The van der Waals surface area contributed by atoms with E-state index in [2.05, 4.69) is 19.2 Å². The van der Waals surface area contributed by atoms with Crippen LogP contribution in [0.3, 0.4) is 0 Å². The first-order chi connectivity index (χ1) is 37.1. The Morgan fingerprint density at radius 1 is 0.421 bits per heavy atom. The van der Waals surface area contributed by atoms with E-state index in [1.165, 1.54) is 218 Å². The number of rotatable bonds is 53. The van der Waals surface area contributed by atoms with Gasteiger partial charge in [0.15, 0.2) is 12.6 Å². The van der Waals surface area contributed by atoms with Gasteiger partial charge in [-0.25, -0.2) is 0 Å². The smallest absolute Gasteiger partial charge is 0.220 e. The average molecular weight is 1090 g/mol. The van der Waals surface area contributed by atoms with Crippen LogP contribution in [0.4, 0.5) is 0 Å². The lowest BCUT2D eigenvalue weighted by Crippen LogP contribution is -2.65. The van der Waals surface area contributed by atoms with Crippen LogP contribution >= 0.6 is 0 Å². The van der Waals surface area contributed by atoms with Gasteiger partial charge in [-0.15, -0.1) is 0 Å². The summed E-state index contributed by atoms with van der Waals surface area (Å²) in [5.74, 6) is -0.199. The standard InChI is InChI=1S/C62H121NO13/c1-3-5-7-9-11-13-15-17-19-21-22-23-24-25-26-27-28-30-32-34-36-38-40-42-44-46-54(67)63-50(51(66)45-43-41-39-37-35-33-31-29-20-18-16-14-12-10-8-6-4-2)49-73-61-59(72)57(70)60(53(48-65)75-61)76-62-58(71)56(69)55(68)52(47-64)74-62/h50-53,55-62,64-66,68-72H,3-49H2,1-2H3,(H,63,67). The fraction of sp³-hybridized carbons (Fsp3) is 0.984. The number of hydrogen-bond donors (Lipinski definition) is 9. The van der Waals surface area contributed by atoms with Gasteiger partial charge < -0.3 is 65.1 Å². The van der Waals surface area contributed by atoms with E-state index < -0.39 is 86.8 Å². The quantitative estimate of drug-likeness (QED) is 0.0259. The van der Waals surface area contributed by atoms with Gasteiger partial charge in [0, 0.05) is 6.42 Å². The molecule has 12 unspecified atom stereocenters. The minimum Gasteiger partial charge on any atom is -0.394 e. The highest BCUT2D eigenvalue weighted by atomic mass is 16.7. The second kappa shape index (κ2) is 48.7. The number of aliphatic hydroxyl groups is 8. The molecule has 1 amide bonds. The highest BCUT2D eigenvalue weighted by Crippen LogP contribution is 2.30. The van der Waals surface area contributed by atoms with Crippen LogP contribution in [-0.2, 0) is 23.7 Å². The van der Waals surface area contributed by atoms with E-state index in [9.17, 15) is 45.6 Å². The molecule has 0 aliphatic carbocycles. The third-order valence-electron chi connectivity index (χ3n) is 16.3. The summed E-state index contributed by atoms with van der Waals surface area (Å²) in [5.41, 5.74) is 0. The first-order valence-corrected chi connectivity index (χ1v) is 32.3. The third-order valence-corrected chi connectivity index (χ3v) is 16.3. The maximum Gasteiger partial charge on any atom is 0.220 e. The van der Waals surface area contributed by atoms with Crippen molar-refractivity contribution < 1.29 is 64.6 Å². The van der Waals surface area contributed by atoms with Crippen LogP contribution in [0, 0.1) is 0 Å². The topological polar surface area (TPSA) is 228 Å². The molecule has 9 N–H and O–H groups in total. The van der Waals surface area contributed by atoms with Crippen molar-refractivity contribution in [2.75, 3.05) is 19.8 Å². The largest absolute Gasteiger partial charge is 0.394 e. The summed E-state index contributed by atoms with van der Waals surface area (Å²) in [6.45, 7) is 2.91. The number of carbonyl (C=O) groups is 1. The molecule has 14 heteroatoms. The average Bonchev–Trinajstić information content (AvgIpc) is 3.42. The molecule has 76 heavy (non-hydrogen) atoms. The second-order valence-electron chi connectivity index (χ2n) is 23.3. The maximum absolute atomic E-state index is 13.3. The lowest BCUT2D eigenvalue weighted by molar-refractivity contribution is -0.359. The van der Waals surface area contributed by atoms with Crippen LogP contribution < -0.4 is 5.32 Å². The van der Waals surface area contributed by atoms with Crippen LogP contribution in [0.5, 0.6) is 0 Å². The normalized spacial score (nSPS) is 24.8. The van der Waals surface area contributed by atoms with E-state index in [1.807, 2.05) is 0 Å². The van der Waals surface area contributed by atoms with Crippen LogP contribution in [0.2, 0.25) is 0 Å². The van der Waals surface area contributed by atoms with E-state index in [1.54, 1.807) is 0 Å². The monoisotopic (exact) mass is 1090 g/mol. The SMILES string of the molecule is CCCCCCCCCCCCCCCCCCCCCCCCCCCC(=O)NC(COC1OC(CO)C(OC2OC(CO)C(O)C(O)C2O)C(O)C1O)C(O)CCCCCCCCCCCCCCCCCCC. The van der Waals surface area contributed by atoms with Crippen molar-refractivity contribution in [2.45, 2.75) is 370 Å². The van der Waals surface area contributed by atoms with Gasteiger partial charge in [-0.1, -0.05) is 277 Å². The predicted octanol–water partition coefficient (Wildman–Crippen LogP) is 11.7. The minimum atomic E-state index is -1.78. The molecular formula is C62H121NO13. The van der Waals surface area contributed by atoms with Crippen molar-refractivity contribution in [3.8, 4) is 0 Å². The number of hydrogen-bond acceptors (Lipinski definition) is 13. The van der Waals surface area contributed by atoms with E-state index in [4.69, 9.17) is 18.9 Å². The van der Waals surface area contributed by atoms with E-state index in [0.29, 0.717) is 12.8 Å². The number of aliphatic hydroxyl groups excluding tert-OH is 8. The molecule has 2 aliphatic rings. The Balaban J connectivity index is 1.69. The molecule has 2 heterocycles. The molecule has 2 rings (SSSR count). The zero-order valence-corrected chi connectivity index (χ0v) is 48.8. The van der Waals surface area contributed by atoms with Crippen molar-refractivity contribution >= 4 is 5.91 Å². The number of nitrogens with one attached hydrogen (secondary N) is 1. The van der Waals surface area contributed by atoms with E-state index >= 15 is 0 Å². The Labute approximate surface area is 464 Å². The number of amides is 1. The van der Waals surface area contributed by atoms with Crippen molar-refractivity contribution in [2.24, 2.45) is 0 Å². The Morgan fingerprint density at radius 2 is 0.750 bits per heavy atom. The van der Waals surface area contributed by atoms with Crippen LogP contribution in [0.1, 0.15) is 296 Å². The fourth-order valence-electron chi connectivity index (χ4n) is 11.1. The van der Waals surface area contributed by atoms with Crippen LogP contribution in [0.25, 0.3) is 0 Å². The Kier molecular flexibility index (Phi) is 45.5. The molecule has 0 saturated carbocycles. The summed E-state index contributed by atoms with van der Waals surface area (Å²) in [6.07, 6.45) is 38.2. The molecule has 12 atom stereocenters. The number of unbranched alkanes of at least 4 members (excludes halogenated alkanes) is 40. The first kappa shape index (κ1) is 71.1. The fourth-order valence-corrected chi connectivity index (χ4v) is 11.1. The van der Waals surface area contributed by atoms with Crippen LogP contribution in [0.15, 0.2) is 0 Å². The maximum atomic E-state index is 13.3. The van der Waals surface area contributed by atoms with Gasteiger partial charge in [0.25, 0.3) is 0 Å². The van der Waals surface area contributed by atoms with Crippen LogP contribution in [-0.4, -0.2) is 140 Å². The molecule has 14 nitrogen and oxygen atoms in total. The third kappa shape index (κ3) is 33.7. The lowest BCUT2D eigenvalue weighted by atomic mass is 9.97. The van der Waals surface area contributed by atoms with Gasteiger partial charge in [-0.2, -0.15) is 0 Å². The summed E-state index contributed by atoms with van der Waals surface area (Å²) in [6, 6.07) is -0.823. The van der Waals surface area contributed by atoms with Gasteiger partial charge >= 0.3 is 0 Å². The highest BCUT2D eigenvalue weighted by molar-refractivity contribution is 5.76. The molecule has 452 valence electrons. The van der Waals surface area contributed by atoms with Gasteiger partial charge in [-0.05, 0) is 12.8 Å². The summed E-state index contributed by atoms with van der Waals surface area (Å²) >= 11 is 0. The van der Waals surface area contributed by atoms with E-state index in [-0.39, 0.29) is 12.5 Å². The van der Waals surface area contributed by atoms with Gasteiger partial charge in [-0.3, -0.25) is 4.79 Å². The van der Waals surface area contributed by atoms with E-state index in [0.717, 1.165) is 51.4 Å². The van der Waals surface area contributed by atoms with Crippen molar-refractivity contribution in [3.63, 3.8) is 0 Å². The lowest BCUT2D eigenvalue weighted by Gasteiger charge is -2.46. The van der Waals surface area contributed by atoms with Crippen molar-refractivity contribution in [1.29, 1.82) is 0 Å². The number of ether oxygens (including phenoxy) is 4. The Hall–Kier alpha value is -1.01. The predicted molar refractivity (Wildman–Crippen MR) is 305 cm³/mol. The van der Waals surface area contributed by atoms with Crippen molar-refractivity contribution in [1.82, 2.24) is 5.32 Å². The minimum absolute atomic E-state index is 0.199. The molecule has 2 saturated heterocycles. The summed E-state index contributed by atoms with van der Waals surface area (Å²) in [4.78, 5) is 13.3. The first-order valence-electron chi connectivity index (χ1n) is 32.3. The van der Waals surface area contributed by atoms with Gasteiger partial charge in [0.2, 0.25) is 5.91 Å². The molecule has 0 bridgehead atoms. The molecule has 0 spiro atoms. The van der Waals surface area contributed by atoms with Gasteiger partial charge in [0.1, 0.15) is 48.8 Å². The van der Waals surface area contributed by atoms with Crippen molar-refractivity contribution in [3.05, 3.63) is 0 Å². The molecule has 0 aromatic heterocycles. The number of carbonyl (C=O) groups excluding carboxylic acids is 1. The van der Waals surface area contributed by atoms with Gasteiger partial charge in [0.05, 0.1) is 32.0 Å². The molecular weight excluding hydrogens is 967 g/mol. The Morgan fingerprint density at radius 3 is 1.12 bits per heavy atom. The summed E-state index contributed by atoms with van der Waals surface area (Å²) in [5, 5.41) is 87.4. The summed E-state index contributed by atoms with van der Waals surface area (Å²) < 4.78 is 22.9. The molecule has 2 fully saturated rings. The molecule has 0 aromatic carbocycles. The molecule has 0 radical (unpaired) electrons. The Bertz CT molecular complexity index is 1280. The molecule has 2 aliphatic heterocycles.